The van der Waals surface area contributed by atoms with E-state index in [0.717, 1.165) is 11.1 Å². The zero-order chi connectivity index (χ0) is 21.5. The summed E-state index contributed by atoms with van der Waals surface area (Å²) in [4.78, 5) is 12.4. The lowest BCUT2D eigenvalue weighted by Gasteiger charge is -2.12. The summed E-state index contributed by atoms with van der Waals surface area (Å²) >= 11 is 12.0. The first-order valence-corrected chi connectivity index (χ1v) is 10.4. The summed E-state index contributed by atoms with van der Waals surface area (Å²) in [5.41, 5.74) is 1.79. The molecule has 0 atom stereocenters. The molecule has 3 aromatic rings. The first-order valence-electron chi connectivity index (χ1n) is 9.64. The predicted molar refractivity (Wildman–Crippen MR) is 119 cm³/mol. The number of carbonyl (C=O) groups excluding carboxylic acids is 1. The number of carbonyl (C=O) groups is 1. The van der Waals surface area contributed by atoms with Gasteiger partial charge in [-0.3, -0.25) is 9.48 Å². The third kappa shape index (κ3) is 5.90. The van der Waals surface area contributed by atoms with Crippen LogP contribution in [0.1, 0.15) is 25.0 Å². The Bertz CT molecular complexity index is 1020. The van der Waals surface area contributed by atoms with Gasteiger partial charge in [0.15, 0.2) is 17.3 Å². The Balaban J connectivity index is 1.61. The van der Waals surface area contributed by atoms with E-state index in [4.69, 9.17) is 32.7 Å². The highest BCUT2D eigenvalue weighted by atomic mass is 35.5. The summed E-state index contributed by atoms with van der Waals surface area (Å²) in [6.45, 7) is 5.40. The van der Waals surface area contributed by atoms with Gasteiger partial charge in [0.2, 0.25) is 5.91 Å². The number of hydrogen-bond acceptors (Lipinski definition) is 4. The summed E-state index contributed by atoms with van der Waals surface area (Å²) in [6.07, 6.45) is 1.99. The van der Waals surface area contributed by atoms with Crippen molar-refractivity contribution >= 4 is 34.9 Å². The topological polar surface area (TPSA) is 65.4 Å². The lowest BCUT2D eigenvalue weighted by Crippen LogP contribution is -2.15. The number of aromatic nitrogens is 2. The molecule has 0 aliphatic rings. The zero-order valence-electron chi connectivity index (χ0n) is 16.8. The molecule has 0 fully saturated rings. The largest absolute Gasteiger partial charge is 0.490 e. The highest BCUT2D eigenvalue weighted by Crippen LogP contribution is 2.29. The number of rotatable bonds is 9. The van der Waals surface area contributed by atoms with Crippen molar-refractivity contribution in [3.05, 3.63) is 69.8 Å². The second kappa shape index (κ2) is 10.4. The van der Waals surface area contributed by atoms with Crippen LogP contribution in [0, 0.1) is 0 Å². The third-order valence-electron chi connectivity index (χ3n) is 4.21. The van der Waals surface area contributed by atoms with E-state index in [1.165, 1.54) is 0 Å². The molecule has 2 aromatic carbocycles. The molecule has 8 heteroatoms. The lowest BCUT2D eigenvalue weighted by molar-refractivity contribution is -0.115. The molecule has 30 heavy (non-hydrogen) atoms. The molecule has 1 N–H and O–H groups in total. The molecule has 6 nitrogen and oxygen atoms in total. The number of nitrogens with one attached hydrogen (secondary N) is 1. The standard InChI is InChI=1S/C22H23Cl2N3O3/c1-3-29-19-8-6-15(12-20(19)30-4-2)13-22(28)25-21-9-10-27(26-21)14-16-5-7-17(23)18(24)11-16/h5-12H,3-4,13-14H2,1-2H3,(H,25,26,28). The lowest BCUT2D eigenvalue weighted by atomic mass is 10.1. The molecule has 0 aliphatic carbocycles. The Labute approximate surface area is 185 Å². The fourth-order valence-corrected chi connectivity index (χ4v) is 3.24. The fourth-order valence-electron chi connectivity index (χ4n) is 2.92. The van der Waals surface area contributed by atoms with Gasteiger partial charge in [0, 0.05) is 12.3 Å². The van der Waals surface area contributed by atoms with Gasteiger partial charge in [-0.2, -0.15) is 5.10 Å². The summed E-state index contributed by atoms with van der Waals surface area (Å²) in [5, 5.41) is 8.21. The smallest absolute Gasteiger partial charge is 0.229 e. The van der Waals surface area contributed by atoms with Gasteiger partial charge in [0.05, 0.1) is 36.2 Å². The maximum absolute atomic E-state index is 12.4. The van der Waals surface area contributed by atoms with E-state index in [2.05, 4.69) is 10.4 Å². The number of hydrogen-bond donors (Lipinski definition) is 1. The van der Waals surface area contributed by atoms with Gasteiger partial charge < -0.3 is 14.8 Å². The van der Waals surface area contributed by atoms with Gasteiger partial charge >= 0.3 is 0 Å². The van der Waals surface area contributed by atoms with Crippen LogP contribution in [0.25, 0.3) is 0 Å². The van der Waals surface area contributed by atoms with Gasteiger partial charge in [-0.1, -0.05) is 35.3 Å². The Kier molecular flexibility index (Phi) is 7.60. The Morgan fingerprint density at radius 3 is 2.43 bits per heavy atom. The van der Waals surface area contributed by atoms with E-state index in [1.54, 1.807) is 29.1 Å². The third-order valence-corrected chi connectivity index (χ3v) is 4.95. The highest BCUT2D eigenvalue weighted by molar-refractivity contribution is 6.42. The molecule has 0 aliphatic heterocycles. The molecule has 1 heterocycles. The summed E-state index contributed by atoms with van der Waals surface area (Å²) < 4.78 is 12.9. The van der Waals surface area contributed by atoms with E-state index < -0.39 is 0 Å². The molecule has 0 unspecified atom stereocenters. The van der Waals surface area contributed by atoms with Crippen LogP contribution in [-0.2, 0) is 17.8 Å². The minimum atomic E-state index is -0.165. The quantitative estimate of drug-likeness (QED) is 0.488. The Morgan fingerprint density at radius 1 is 0.967 bits per heavy atom. The summed E-state index contributed by atoms with van der Waals surface area (Å²) in [6, 6.07) is 12.7. The number of nitrogens with zero attached hydrogens (tertiary/aromatic N) is 2. The molecular weight excluding hydrogens is 425 g/mol. The van der Waals surface area contributed by atoms with Crippen molar-refractivity contribution in [1.29, 1.82) is 0 Å². The van der Waals surface area contributed by atoms with Crippen molar-refractivity contribution in [1.82, 2.24) is 9.78 Å². The second-order valence-corrected chi connectivity index (χ2v) is 7.33. The van der Waals surface area contributed by atoms with Gasteiger partial charge in [-0.25, -0.2) is 0 Å². The van der Waals surface area contributed by atoms with E-state index in [9.17, 15) is 4.79 Å². The van der Waals surface area contributed by atoms with Crippen LogP contribution in [0.3, 0.4) is 0 Å². The highest BCUT2D eigenvalue weighted by Gasteiger charge is 2.11. The van der Waals surface area contributed by atoms with Crippen LogP contribution in [-0.4, -0.2) is 28.9 Å². The molecule has 1 amide bonds. The van der Waals surface area contributed by atoms with Crippen LogP contribution in [0.15, 0.2) is 48.7 Å². The van der Waals surface area contributed by atoms with Crippen molar-refractivity contribution in [3.63, 3.8) is 0 Å². The monoisotopic (exact) mass is 447 g/mol. The Morgan fingerprint density at radius 2 is 1.70 bits per heavy atom. The van der Waals surface area contributed by atoms with Crippen LogP contribution < -0.4 is 14.8 Å². The van der Waals surface area contributed by atoms with E-state index in [-0.39, 0.29) is 12.3 Å². The van der Waals surface area contributed by atoms with Crippen LogP contribution in [0.2, 0.25) is 10.0 Å². The zero-order valence-corrected chi connectivity index (χ0v) is 18.3. The molecule has 0 spiro atoms. The molecule has 158 valence electrons. The van der Waals surface area contributed by atoms with E-state index in [0.29, 0.717) is 47.1 Å². The molecular formula is C22H23Cl2N3O3. The average Bonchev–Trinajstić information content (AvgIpc) is 3.13. The first-order chi connectivity index (χ1) is 14.5. The number of halogens is 2. The van der Waals surface area contributed by atoms with Crippen molar-refractivity contribution in [2.45, 2.75) is 26.8 Å². The van der Waals surface area contributed by atoms with Crippen molar-refractivity contribution in [3.8, 4) is 11.5 Å². The van der Waals surface area contributed by atoms with Crippen molar-refractivity contribution in [2.24, 2.45) is 0 Å². The second-order valence-electron chi connectivity index (χ2n) is 6.52. The number of benzene rings is 2. The normalized spacial score (nSPS) is 10.7. The van der Waals surface area contributed by atoms with Gasteiger partial charge in [0.1, 0.15) is 0 Å². The SMILES string of the molecule is CCOc1ccc(CC(=O)Nc2ccn(Cc3ccc(Cl)c(Cl)c3)n2)cc1OCC. The molecule has 0 saturated carbocycles. The molecule has 0 radical (unpaired) electrons. The van der Waals surface area contributed by atoms with Gasteiger partial charge in [-0.15, -0.1) is 0 Å². The predicted octanol–water partition coefficient (Wildman–Crippen LogP) is 5.22. The van der Waals surface area contributed by atoms with E-state index in [1.807, 2.05) is 38.1 Å². The van der Waals surface area contributed by atoms with Crippen molar-refractivity contribution < 1.29 is 14.3 Å². The number of ether oxygens (including phenoxy) is 2. The molecule has 0 bridgehead atoms. The minimum absolute atomic E-state index is 0.165. The Hall–Kier alpha value is -2.70. The number of anilines is 1. The van der Waals surface area contributed by atoms with Gasteiger partial charge in [-0.05, 0) is 49.2 Å². The average molecular weight is 448 g/mol. The van der Waals surface area contributed by atoms with Crippen LogP contribution in [0.5, 0.6) is 11.5 Å². The molecule has 0 saturated heterocycles. The maximum atomic E-state index is 12.4. The van der Waals surface area contributed by atoms with E-state index >= 15 is 0 Å². The molecule has 1 aromatic heterocycles. The maximum Gasteiger partial charge on any atom is 0.229 e. The van der Waals surface area contributed by atoms with Crippen LogP contribution >= 0.6 is 23.2 Å². The first kappa shape index (κ1) is 22.0. The summed E-state index contributed by atoms with van der Waals surface area (Å²) in [7, 11) is 0. The fraction of sp³-hybridized carbons (Fsp3) is 0.273. The van der Waals surface area contributed by atoms with Crippen LogP contribution in [0.4, 0.5) is 5.82 Å². The molecule has 3 rings (SSSR count). The van der Waals surface area contributed by atoms with Crippen molar-refractivity contribution in [2.75, 3.05) is 18.5 Å². The minimum Gasteiger partial charge on any atom is -0.490 e. The number of amides is 1. The summed E-state index contributed by atoms with van der Waals surface area (Å²) in [5.74, 6) is 1.62. The van der Waals surface area contributed by atoms with Gasteiger partial charge in [0.25, 0.3) is 0 Å².